The summed E-state index contributed by atoms with van der Waals surface area (Å²) < 4.78 is 10.2. The molecule has 1 fully saturated rings. The number of hydrogen-bond donors (Lipinski definition) is 0. The van der Waals surface area contributed by atoms with E-state index in [2.05, 4.69) is 4.90 Å². The molecule has 1 saturated heterocycles. The van der Waals surface area contributed by atoms with Crippen LogP contribution < -0.4 is 0 Å². The van der Waals surface area contributed by atoms with Gasteiger partial charge < -0.3 is 14.4 Å². The number of amides is 1. The molecule has 1 aliphatic heterocycles. The van der Waals surface area contributed by atoms with Crippen LogP contribution in [0.2, 0.25) is 0 Å². The zero-order chi connectivity index (χ0) is 19.5. The van der Waals surface area contributed by atoms with Gasteiger partial charge in [-0.2, -0.15) is 0 Å². The molecule has 27 heavy (non-hydrogen) atoms. The number of benzene rings is 1. The molecule has 6 heteroatoms. The molecule has 0 bridgehead atoms. The first-order valence-corrected chi connectivity index (χ1v) is 9.50. The maximum atomic E-state index is 12.7. The third kappa shape index (κ3) is 7.53. The van der Waals surface area contributed by atoms with Gasteiger partial charge in [-0.15, -0.1) is 0 Å². The van der Waals surface area contributed by atoms with Gasteiger partial charge >= 0.3 is 5.97 Å². The quantitative estimate of drug-likeness (QED) is 0.489. The van der Waals surface area contributed by atoms with Gasteiger partial charge in [0.25, 0.3) is 0 Å². The van der Waals surface area contributed by atoms with E-state index < -0.39 is 0 Å². The highest BCUT2D eigenvalue weighted by atomic mass is 16.5. The standard InChI is InChI=1S/C21H30N2O4/c1-18(21(25)26-2)17-23(12-6-11-22-13-15-27-16-14-22)20(24)10-9-19-7-4-3-5-8-19/h3-5,7-10,18H,6,11-17H2,1-2H3/b10-9+. The molecule has 1 heterocycles. The van der Waals surface area contributed by atoms with Crippen LogP contribution in [0, 0.1) is 5.92 Å². The lowest BCUT2D eigenvalue weighted by molar-refractivity contribution is -0.146. The van der Waals surface area contributed by atoms with Crippen molar-refractivity contribution >= 4 is 18.0 Å². The third-order valence-corrected chi connectivity index (χ3v) is 4.63. The van der Waals surface area contributed by atoms with Crippen LogP contribution >= 0.6 is 0 Å². The summed E-state index contributed by atoms with van der Waals surface area (Å²) >= 11 is 0. The van der Waals surface area contributed by atoms with Gasteiger partial charge in [-0.1, -0.05) is 37.3 Å². The number of nitrogens with zero attached hydrogens (tertiary/aromatic N) is 2. The Bertz CT molecular complexity index is 612. The van der Waals surface area contributed by atoms with Crippen LogP contribution in [-0.4, -0.2) is 74.7 Å². The lowest BCUT2D eigenvalue weighted by Gasteiger charge is -2.28. The molecular weight excluding hydrogens is 344 g/mol. The highest BCUT2D eigenvalue weighted by Gasteiger charge is 2.20. The average molecular weight is 374 g/mol. The zero-order valence-electron chi connectivity index (χ0n) is 16.3. The molecule has 1 unspecified atom stereocenters. The van der Waals surface area contributed by atoms with Gasteiger partial charge in [0.2, 0.25) is 5.91 Å². The molecule has 0 N–H and O–H groups in total. The van der Waals surface area contributed by atoms with Crippen LogP contribution in [-0.2, 0) is 19.1 Å². The van der Waals surface area contributed by atoms with E-state index in [1.54, 1.807) is 24.0 Å². The number of carbonyl (C=O) groups excluding carboxylic acids is 2. The van der Waals surface area contributed by atoms with Gasteiger partial charge in [0.15, 0.2) is 0 Å². The van der Waals surface area contributed by atoms with Crippen LogP contribution in [0.15, 0.2) is 36.4 Å². The Morgan fingerprint density at radius 3 is 2.63 bits per heavy atom. The Morgan fingerprint density at radius 1 is 1.26 bits per heavy atom. The fourth-order valence-electron chi connectivity index (χ4n) is 3.04. The van der Waals surface area contributed by atoms with E-state index in [9.17, 15) is 9.59 Å². The van der Waals surface area contributed by atoms with Crippen LogP contribution in [0.3, 0.4) is 0 Å². The summed E-state index contributed by atoms with van der Waals surface area (Å²) in [5.41, 5.74) is 0.972. The van der Waals surface area contributed by atoms with Crippen molar-refractivity contribution in [2.24, 2.45) is 5.92 Å². The van der Waals surface area contributed by atoms with Crippen molar-refractivity contribution in [1.29, 1.82) is 0 Å². The number of rotatable bonds is 9. The highest BCUT2D eigenvalue weighted by molar-refractivity contribution is 5.92. The molecule has 1 amide bonds. The summed E-state index contributed by atoms with van der Waals surface area (Å²) in [6.45, 7) is 7.06. The molecule has 0 aliphatic carbocycles. The summed E-state index contributed by atoms with van der Waals surface area (Å²) in [6.07, 6.45) is 4.24. The number of carbonyl (C=O) groups is 2. The van der Waals surface area contributed by atoms with Crippen molar-refractivity contribution in [3.8, 4) is 0 Å². The molecule has 0 spiro atoms. The molecule has 6 nitrogen and oxygen atoms in total. The number of hydrogen-bond acceptors (Lipinski definition) is 5. The normalized spacial score (nSPS) is 16.2. The largest absolute Gasteiger partial charge is 0.469 e. The van der Waals surface area contributed by atoms with Crippen LogP contribution in [0.5, 0.6) is 0 Å². The molecule has 2 rings (SSSR count). The van der Waals surface area contributed by atoms with Gasteiger partial charge in [0.05, 0.1) is 26.2 Å². The van der Waals surface area contributed by atoms with Gasteiger partial charge in [0.1, 0.15) is 0 Å². The summed E-state index contributed by atoms with van der Waals surface area (Å²) in [6, 6.07) is 9.70. The molecule has 1 atom stereocenters. The Labute approximate surface area is 161 Å². The molecule has 0 saturated carbocycles. The fourth-order valence-corrected chi connectivity index (χ4v) is 3.04. The van der Waals surface area contributed by atoms with E-state index in [-0.39, 0.29) is 17.8 Å². The van der Waals surface area contributed by atoms with Crippen molar-refractivity contribution in [3.05, 3.63) is 42.0 Å². The van der Waals surface area contributed by atoms with Crippen LogP contribution in [0.4, 0.5) is 0 Å². The molecule has 1 aromatic rings. The second-order valence-corrected chi connectivity index (χ2v) is 6.76. The number of esters is 1. The van der Waals surface area contributed by atoms with E-state index in [1.807, 2.05) is 30.3 Å². The summed E-state index contributed by atoms with van der Waals surface area (Å²) in [7, 11) is 1.37. The van der Waals surface area contributed by atoms with Crippen LogP contribution in [0.25, 0.3) is 6.08 Å². The van der Waals surface area contributed by atoms with E-state index in [0.29, 0.717) is 13.1 Å². The van der Waals surface area contributed by atoms with Crippen molar-refractivity contribution < 1.29 is 19.1 Å². The second-order valence-electron chi connectivity index (χ2n) is 6.76. The predicted octanol–water partition coefficient (Wildman–Crippen LogP) is 2.06. The highest BCUT2D eigenvalue weighted by Crippen LogP contribution is 2.08. The fraction of sp³-hybridized carbons (Fsp3) is 0.524. The maximum Gasteiger partial charge on any atom is 0.310 e. The van der Waals surface area contributed by atoms with Crippen molar-refractivity contribution in [2.75, 3.05) is 53.0 Å². The minimum atomic E-state index is -0.354. The van der Waals surface area contributed by atoms with Gasteiger partial charge in [0, 0.05) is 38.8 Å². The monoisotopic (exact) mass is 374 g/mol. The SMILES string of the molecule is COC(=O)C(C)CN(CCCN1CCOCC1)C(=O)/C=C/c1ccccc1. The second kappa shape index (κ2) is 11.5. The molecular formula is C21H30N2O4. The summed E-state index contributed by atoms with van der Waals surface area (Å²) in [4.78, 5) is 28.5. The molecule has 0 aromatic heterocycles. The van der Waals surface area contributed by atoms with Crippen molar-refractivity contribution in [2.45, 2.75) is 13.3 Å². The lowest BCUT2D eigenvalue weighted by Crippen LogP contribution is -2.40. The molecule has 1 aliphatic rings. The minimum Gasteiger partial charge on any atom is -0.469 e. The Balaban J connectivity index is 1.93. The smallest absolute Gasteiger partial charge is 0.310 e. The van der Waals surface area contributed by atoms with Gasteiger partial charge in [-0.3, -0.25) is 14.5 Å². The first-order chi connectivity index (χ1) is 13.1. The predicted molar refractivity (Wildman–Crippen MR) is 105 cm³/mol. The topological polar surface area (TPSA) is 59.1 Å². The Kier molecular flexibility index (Phi) is 9.01. The van der Waals surface area contributed by atoms with Crippen molar-refractivity contribution in [3.63, 3.8) is 0 Å². The zero-order valence-corrected chi connectivity index (χ0v) is 16.3. The van der Waals surface area contributed by atoms with E-state index >= 15 is 0 Å². The number of morpholine rings is 1. The minimum absolute atomic E-state index is 0.0865. The first-order valence-electron chi connectivity index (χ1n) is 9.50. The summed E-state index contributed by atoms with van der Waals surface area (Å²) in [5, 5.41) is 0. The molecule has 0 radical (unpaired) electrons. The average Bonchev–Trinajstić information content (AvgIpc) is 2.72. The van der Waals surface area contributed by atoms with Crippen LogP contribution in [0.1, 0.15) is 18.9 Å². The maximum absolute atomic E-state index is 12.7. The van der Waals surface area contributed by atoms with E-state index in [4.69, 9.17) is 9.47 Å². The van der Waals surface area contributed by atoms with E-state index in [1.165, 1.54) is 7.11 Å². The van der Waals surface area contributed by atoms with Gasteiger partial charge in [-0.25, -0.2) is 0 Å². The number of methoxy groups -OCH3 is 1. The van der Waals surface area contributed by atoms with Gasteiger partial charge in [-0.05, 0) is 18.1 Å². The Hall–Kier alpha value is -2.18. The summed E-state index contributed by atoms with van der Waals surface area (Å²) in [5.74, 6) is -0.739. The number of ether oxygens (including phenoxy) is 2. The van der Waals surface area contributed by atoms with Crippen molar-refractivity contribution in [1.82, 2.24) is 9.80 Å². The molecule has 1 aromatic carbocycles. The first kappa shape index (κ1) is 21.1. The lowest BCUT2D eigenvalue weighted by atomic mass is 10.1. The molecule has 148 valence electrons. The Morgan fingerprint density at radius 2 is 1.96 bits per heavy atom. The van der Waals surface area contributed by atoms with E-state index in [0.717, 1.165) is 44.8 Å². The third-order valence-electron chi connectivity index (χ3n) is 4.63.